The lowest BCUT2D eigenvalue weighted by Gasteiger charge is -2.11. The van der Waals surface area contributed by atoms with Crippen molar-refractivity contribution < 1.29 is 14.2 Å². The average molecular weight is 302 g/mol. The van der Waals surface area contributed by atoms with Crippen LogP contribution in [0.4, 0.5) is 0 Å². The number of nitrogens with one attached hydrogen (secondary N) is 1. The molecule has 0 aliphatic carbocycles. The molecule has 0 saturated carbocycles. The van der Waals surface area contributed by atoms with E-state index >= 15 is 0 Å². The molecule has 5 nitrogen and oxygen atoms in total. The van der Waals surface area contributed by atoms with Gasteiger partial charge < -0.3 is 19.5 Å². The number of hydrogen-bond donors (Lipinski definition) is 1. The zero-order valence-electron chi connectivity index (χ0n) is 13.0. The number of para-hydroxylation sites is 2. The molecule has 0 aliphatic rings. The quantitative estimate of drug-likeness (QED) is 0.721. The van der Waals surface area contributed by atoms with Gasteiger partial charge in [0.15, 0.2) is 11.5 Å². The van der Waals surface area contributed by atoms with Crippen molar-refractivity contribution in [3.05, 3.63) is 48.2 Å². The molecule has 0 unspecified atom stereocenters. The predicted octanol–water partition coefficient (Wildman–Crippen LogP) is 2.45. The van der Waals surface area contributed by atoms with E-state index in [9.17, 15) is 0 Å². The molecule has 0 fully saturated rings. The second-order valence-corrected chi connectivity index (χ2v) is 4.71. The zero-order chi connectivity index (χ0) is 15.6. The van der Waals surface area contributed by atoms with Gasteiger partial charge in [-0.3, -0.25) is 0 Å². The Balaban J connectivity index is 1.58. The monoisotopic (exact) mass is 302 g/mol. The van der Waals surface area contributed by atoms with Crippen molar-refractivity contribution in [2.45, 2.75) is 6.92 Å². The lowest BCUT2D eigenvalue weighted by molar-refractivity contribution is 0.274. The molecular formula is C17H22N2O3. The maximum atomic E-state index is 5.67. The van der Waals surface area contributed by atoms with Gasteiger partial charge in [0.1, 0.15) is 13.2 Å². The first kappa shape index (κ1) is 16.1. The van der Waals surface area contributed by atoms with E-state index in [4.69, 9.17) is 14.2 Å². The van der Waals surface area contributed by atoms with Crippen LogP contribution >= 0.6 is 0 Å². The Morgan fingerprint density at radius 2 is 1.64 bits per heavy atom. The number of aromatic nitrogens is 1. The van der Waals surface area contributed by atoms with Crippen LogP contribution in [0.5, 0.6) is 17.4 Å². The summed E-state index contributed by atoms with van der Waals surface area (Å²) in [5.74, 6) is 2.16. The summed E-state index contributed by atoms with van der Waals surface area (Å²) in [5.41, 5.74) is 0.954. The molecule has 1 heterocycles. The Hall–Kier alpha value is -2.27. The molecule has 0 amide bonds. The first-order valence-electron chi connectivity index (χ1n) is 7.32. The van der Waals surface area contributed by atoms with E-state index in [1.54, 1.807) is 7.11 Å². The minimum Gasteiger partial charge on any atom is -0.493 e. The van der Waals surface area contributed by atoms with E-state index in [0.717, 1.165) is 30.3 Å². The molecule has 0 spiro atoms. The maximum absolute atomic E-state index is 5.67. The number of pyridine rings is 1. The van der Waals surface area contributed by atoms with Crippen LogP contribution in [0.15, 0.2) is 42.5 Å². The molecule has 22 heavy (non-hydrogen) atoms. The molecule has 2 rings (SSSR count). The Labute approximate surface area is 131 Å². The number of nitrogens with zero attached hydrogens (tertiary/aromatic N) is 1. The molecule has 0 aliphatic heterocycles. The summed E-state index contributed by atoms with van der Waals surface area (Å²) < 4.78 is 16.4. The summed E-state index contributed by atoms with van der Waals surface area (Å²) in [6, 6.07) is 13.4. The van der Waals surface area contributed by atoms with Crippen LogP contribution < -0.4 is 19.5 Å². The van der Waals surface area contributed by atoms with Gasteiger partial charge >= 0.3 is 0 Å². The summed E-state index contributed by atoms with van der Waals surface area (Å²) >= 11 is 0. The Morgan fingerprint density at radius 3 is 2.36 bits per heavy atom. The number of aryl methyl sites for hydroxylation is 1. The molecule has 0 saturated heterocycles. The molecular weight excluding hydrogens is 280 g/mol. The largest absolute Gasteiger partial charge is 0.493 e. The van der Waals surface area contributed by atoms with Crippen molar-refractivity contribution in [3.8, 4) is 17.4 Å². The number of ether oxygens (including phenoxy) is 3. The van der Waals surface area contributed by atoms with Crippen LogP contribution in [0.2, 0.25) is 0 Å². The zero-order valence-corrected chi connectivity index (χ0v) is 13.0. The van der Waals surface area contributed by atoms with E-state index in [1.165, 1.54) is 0 Å². The average Bonchev–Trinajstić information content (AvgIpc) is 2.54. The van der Waals surface area contributed by atoms with Crippen LogP contribution in [-0.2, 0) is 0 Å². The highest BCUT2D eigenvalue weighted by atomic mass is 16.5. The number of rotatable bonds is 9. The van der Waals surface area contributed by atoms with Crippen LogP contribution in [-0.4, -0.2) is 38.4 Å². The lowest BCUT2D eigenvalue weighted by Crippen LogP contribution is -2.26. The Morgan fingerprint density at radius 1 is 0.909 bits per heavy atom. The van der Waals surface area contributed by atoms with Crippen LogP contribution in [0.1, 0.15) is 5.69 Å². The second kappa shape index (κ2) is 8.89. The summed E-state index contributed by atoms with van der Waals surface area (Å²) in [5, 5.41) is 3.26. The normalized spacial score (nSPS) is 10.3. The molecule has 0 radical (unpaired) electrons. The number of hydrogen-bond acceptors (Lipinski definition) is 5. The third-order valence-electron chi connectivity index (χ3n) is 3.00. The number of methoxy groups -OCH3 is 1. The molecule has 2 aromatic rings. The Kier molecular flexibility index (Phi) is 6.51. The minimum absolute atomic E-state index is 0.572. The summed E-state index contributed by atoms with van der Waals surface area (Å²) in [7, 11) is 1.64. The van der Waals surface area contributed by atoms with Gasteiger partial charge in [-0.15, -0.1) is 0 Å². The van der Waals surface area contributed by atoms with E-state index in [1.807, 2.05) is 49.4 Å². The van der Waals surface area contributed by atoms with E-state index in [2.05, 4.69) is 10.3 Å². The van der Waals surface area contributed by atoms with Gasteiger partial charge in [-0.1, -0.05) is 18.2 Å². The summed E-state index contributed by atoms with van der Waals surface area (Å²) in [6.07, 6.45) is 0. The maximum Gasteiger partial charge on any atom is 0.213 e. The fourth-order valence-electron chi connectivity index (χ4n) is 1.92. The standard InChI is InChI=1S/C17H22N2O3/c1-14-6-5-9-17(19-14)22-13-11-18-10-12-21-16-8-4-3-7-15(16)20-2/h3-9,18H,10-13H2,1-2H3. The van der Waals surface area contributed by atoms with Gasteiger partial charge in [0.2, 0.25) is 5.88 Å². The topological polar surface area (TPSA) is 52.6 Å². The van der Waals surface area contributed by atoms with Gasteiger partial charge in [-0.25, -0.2) is 4.98 Å². The highest BCUT2D eigenvalue weighted by Gasteiger charge is 2.01. The van der Waals surface area contributed by atoms with Gasteiger partial charge in [0, 0.05) is 24.8 Å². The predicted molar refractivity (Wildman–Crippen MR) is 85.8 cm³/mol. The number of benzene rings is 1. The lowest BCUT2D eigenvalue weighted by atomic mass is 10.3. The van der Waals surface area contributed by atoms with Crippen molar-refractivity contribution in [3.63, 3.8) is 0 Å². The van der Waals surface area contributed by atoms with Crippen molar-refractivity contribution in [1.29, 1.82) is 0 Å². The van der Waals surface area contributed by atoms with Crippen molar-refractivity contribution >= 4 is 0 Å². The highest BCUT2D eigenvalue weighted by Crippen LogP contribution is 2.25. The van der Waals surface area contributed by atoms with Crippen LogP contribution in [0.25, 0.3) is 0 Å². The smallest absolute Gasteiger partial charge is 0.213 e. The molecule has 1 aromatic carbocycles. The van der Waals surface area contributed by atoms with Crippen LogP contribution in [0, 0.1) is 6.92 Å². The summed E-state index contributed by atoms with van der Waals surface area (Å²) in [4.78, 5) is 4.28. The van der Waals surface area contributed by atoms with E-state index in [0.29, 0.717) is 19.1 Å². The van der Waals surface area contributed by atoms with Crippen molar-refractivity contribution in [1.82, 2.24) is 10.3 Å². The van der Waals surface area contributed by atoms with Crippen molar-refractivity contribution in [2.24, 2.45) is 0 Å². The molecule has 118 valence electrons. The minimum atomic E-state index is 0.572. The Bertz CT molecular complexity index is 575. The van der Waals surface area contributed by atoms with Gasteiger partial charge in [0.05, 0.1) is 7.11 Å². The van der Waals surface area contributed by atoms with Gasteiger partial charge in [-0.05, 0) is 25.1 Å². The molecule has 1 N–H and O–H groups in total. The third kappa shape index (κ3) is 5.26. The van der Waals surface area contributed by atoms with Gasteiger partial charge in [0.25, 0.3) is 0 Å². The highest BCUT2D eigenvalue weighted by molar-refractivity contribution is 5.39. The molecule has 0 atom stereocenters. The second-order valence-electron chi connectivity index (χ2n) is 4.71. The first-order chi connectivity index (χ1) is 10.8. The van der Waals surface area contributed by atoms with Crippen molar-refractivity contribution in [2.75, 3.05) is 33.4 Å². The molecule has 1 aromatic heterocycles. The fraction of sp³-hybridized carbons (Fsp3) is 0.353. The fourth-order valence-corrected chi connectivity index (χ4v) is 1.92. The molecule has 0 bridgehead atoms. The van der Waals surface area contributed by atoms with E-state index < -0.39 is 0 Å². The molecule has 5 heteroatoms. The third-order valence-corrected chi connectivity index (χ3v) is 3.00. The van der Waals surface area contributed by atoms with Gasteiger partial charge in [-0.2, -0.15) is 0 Å². The van der Waals surface area contributed by atoms with Crippen LogP contribution in [0.3, 0.4) is 0 Å². The SMILES string of the molecule is COc1ccccc1OCCNCCOc1cccc(C)n1. The summed E-state index contributed by atoms with van der Waals surface area (Å²) in [6.45, 7) is 4.57. The first-order valence-corrected chi connectivity index (χ1v) is 7.32. The van der Waals surface area contributed by atoms with E-state index in [-0.39, 0.29) is 0 Å².